The van der Waals surface area contributed by atoms with E-state index in [-0.39, 0.29) is 23.8 Å². The lowest BCUT2D eigenvalue weighted by Crippen LogP contribution is -2.45. The molecule has 0 bridgehead atoms. The summed E-state index contributed by atoms with van der Waals surface area (Å²) in [6.45, 7) is 6.43. The lowest BCUT2D eigenvalue weighted by Gasteiger charge is -2.21. The van der Waals surface area contributed by atoms with E-state index in [1.165, 1.54) is 0 Å². The summed E-state index contributed by atoms with van der Waals surface area (Å²) < 4.78 is 5.45. The van der Waals surface area contributed by atoms with Crippen molar-refractivity contribution in [2.75, 3.05) is 6.61 Å². The minimum Gasteiger partial charge on any atom is -0.480 e. The molecule has 2 N–H and O–H groups in total. The SMILES string of the molecule is CCC1OCCC1C(=O)NC(CC(C)C)C(=O)O. The van der Waals surface area contributed by atoms with Crippen molar-refractivity contribution in [2.24, 2.45) is 11.8 Å². The number of aliphatic carboxylic acids is 1. The maximum atomic E-state index is 12.1. The molecule has 1 aliphatic rings. The van der Waals surface area contributed by atoms with E-state index >= 15 is 0 Å². The molecule has 0 aliphatic carbocycles. The molecule has 0 aromatic carbocycles. The Morgan fingerprint density at radius 3 is 2.61 bits per heavy atom. The number of carboxylic acid groups (broad SMARTS) is 1. The van der Waals surface area contributed by atoms with Crippen molar-refractivity contribution >= 4 is 11.9 Å². The molecule has 104 valence electrons. The quantitative estimate of drug-likeness (QED) is 0.754. The van der Waals surface area contributed by atoms with Gasteiger partial charge in [-0.15, -0.1) is 0 Å². The average Bonchev–Trinajstić information content (AvgIpc) is 2.75. The van der Waals surface area contributed by atoms with Gasteiger partial charge in [0, 0.05) is 6.61 Å². The fraction of sp³-hybridized carbons (Fsp3) is 0.846. The van der Waals surface area contributed by atoms with E-state index in [1.54, 1.807) is 0 Å². The highest BCUT2D eigenvalue weighted by Crippen LogP contribution is 2.23. The Morgan fingerprint density at radius 1 is 1.44 bits per heavy atom. The van der Waals surface area contributed by atoms with Gasteiger partial charge in [-0.05, 0) is 25.2 Å². The lowest BCUT2D eigenvalue weighted by atomic mass is 9.97. The smallest absolute Gasteiger partial charge is 0.326 e. The number of amides is 1. The molecular weight excluding hydrogens is 234 g/mol. The Hall–Kier alpha value is -1.10. The van der Waals surface area contributed by atoms with Crippen LogP contribution in [0.4, 0.5) is 0 Å². The van der Waals surface area contributed by atoms with Crippen molar-refractivity contribution in [3.8, 4) is 0 Å². The standard InChI is InChI=1S/C13H23NO4/c1-4-11-9(5-6-18-11)12(15)14-10(13(16)17)7-8(2)3/h8-11H,4-7H2,1-3H3,(H,14,15)(H,16,17). The Bertz CT molecular complexity index is 303. The molecule has 1 heterocycles. The first-order valence-electron chi connectivity index (χ1n) is 6.60. The fourth-order valence-corrected chi connectivity index (χ4v) is 2.32. The summed E-state index contributed by atoms with van der Waals surface area (Å²) in [4.78, 5) is 23.1. The zero-order valence-electron chi connectivity index (χ0n) is 11.3. The average molecular weight is 257 g/mol. The number of carbonyl (C=O) groups excluding carboxylic acids is 1. The van der Waals surface area contributed by atoms with Crippen LogP contribution < -0.4 is 5.32 Å². The van der Waals surface area contributed by atoms with Crippen LogP contribution in [0.25, 0.3) is 0 Å². The van der Waals surface area contributed by atoms with Gasteiger partial charge in [0.2, 0.25) is 5.91 Å². The van der Waals surface area contributed by atoms with Crippen LogP contribution >= 0.6 is 0 Å². The number of carboxylic acids is 1. The van der Waals surface area contributed by atoms with E-state index < -0.39 is 12.0 Å². The summed E-state index contributed by atoms with van der Waals surface area (Å²) in [7, 11) is 0. The summed E-state index contributed by atoms with van der Waals surface area (Å²) >= 11 is 0. The summed E-state index contributed by atoms with van der Waals surface area (Å²) in [5.41, 5.74) is 0. The predicted octanol–water partition coefficient (Wildman–Crippen LogP) is 1.42. The molecule has 0 saturated carbocycles. The summed E-state index contributed by atoms with van der Waals surface area (Å²) in [6.07, 6.45) is 1.84. The van der Waals surface area contributed by atoms with Crippen LogP contribution in [0.15, 0.2) is 0 Å². The van der Waals surface area contributed by atoms with Gasteiger partial charge < -0.3 is 15.2 Å². The number of nitrogens with one attached hydrogen (secondary N) is 1. The van der Waals surface area contributed by atoms with Gasteiger partial charge in [-0.2, -0.15) is 0 Å². The molecule has 1 aliphatic heterocycles. The van der Waals surface area contributed by atoms with Crippen molar-refractivity contribution < 1.29 is 19.4 Å². The van der Waals surface area contributed by atoms with Crippen LogP contribution in [-0.2, 0) is 14.3 Å². The predicted molar refractivity (Wildman–Crippen MR) is 67.2 cm³/mol. The molecule has 1 saturated heterocycles. The number of carbonyl (C=O) groups is 2. The van der Waals surface area contributed by atoms with Crippen LogP contribution in [0, 0.1) is 11.8 Å². The lowest BCUT2D eigenvalue weighted by molar-refractivity contribution is -0.143. The minimum absolute atomic E-state index is 0.0708. The van der Waals surface area contributed by atoms with Crippen molar-refractivity contribution in [1.29, 1.82) is 0 Å². The molecule has 0 spiro atoms. The molecule has 5 heteroatoms. The van der Waals surface area contributed by atoms with Gasteiger partial charge in [0.15, 0.2) is 0 Å². The molecule has 0 radical (unpaired) electrons. The maximum absolute atomic E-state index is 12.1. The first-order chi connectivity index (χ1) is 8.45. The third kappa shape index (κ3) is 3.98. The van der Waals surface area contributed by atoms with Crippen molar-refractivity contribution in [3.63, 3.8) is 0 Å². The van der Waals surface area contributed by atoms with Gasteiger partial charge in [-0.1, -0.05) is 20.8 Å². The molecule has 18 heavy (non-hydrogen) atoms. The number of hydrogen-bond donors (Lipinski definition) is 2. The number of ether oxygens (including phenoxy) is 1. The van der Waals surface area contributed by atoms with E-state index in [2.05, 4.69) is 5.32 Å². The second kappa shape index (κ2) is 6.73. The molecule has 1 amide bonds. The third-order valence-electron chi connectivity index (χ3n) is 3.27. The van der Waals surface area contributed by atoms with E-state index in [1.807, 2.05) is 20.8 Å². The van der Waals surface area contributed by atoms with E-state index in [0.29, 0.717) is 19.4 Å². The number of rotatable bonds is 6. The zero-order chi connectivity index (χ0) is 13.7. The van der Waals surface area contributed by atoms with Gasteiger partial charge >= 0.3 is 5.97 Å². The Labute approximate surface area is 108 Å². The molecule has 5 nitrogen and oxygen atoms in total. The van der Waals surface area contributed by atoms with Gasteiger partial charge in [-0.3, -0.25) is 4.79 Å². The third-order valence-corrected chi connectivity index (χ3v) is 3.27. The highest BCUT2D eigenvalue weighted by molar-refractivity contribution is 5.85. The topological polar surface area (TPSA) is 75.6 Å². The summed E-state index contributed by atoms with van der Waals surface area (Å²) in [5.74, 6) is -1.13. The van der Waals surface area contributed by atoms with Gasteiger partial charge in [0.25, 0.3) is 0 Å². The van der Waals surface area contributed by atoms with E-state index in [0.717, 1.165) is 6.42 Å². The van der Waals surface area contributed by atoms with Crippen LogP contribution in [0.1, 0.15) is 40.0 Å². The van der Waals surface area contributed by atoms with Crippen molar-refractivity contribution in [3.05, 3.63) is 0 Å². The number of hydrogen-bond acceptors (Lipinski definition) is 3. The Morgan fingerprint density at radius 2 is 2.11 bits per heavy atom. The Kier molecular flexibility index (Phi) is 5.59. The normalized spacial score (nSPS) is 25.1. The van der Waals surface area contributed by atoms with Crippen LogP contribution in [-0.4, -0.2) is 35.7 Å². The van der Waals surface area contributed by atoms with Gasteiger partial charge in [0.05, 0.1) is 12.0 Å². The van der Waals surface area contributed by atoms with Crippen LogP contribution in [0.3, 0.4) is 0 Å². The highest BCUT2D eigenvalue weighted by Gasteiger charge is 2.34. The summed E-state index contributed by atoms with van der Waals surface area (Å²) in [5, 5.41) is 11.7. The molecule has 3 unspecified atom stereocenters. The second-order valence-corrected chi connectivity index (χ2v) is 5.24. The van der Waals surface area contributed by atoms with E-state index in [4.69, 9.17) is 9.84 Å². The van der Waals surface area contributed by atoms with Crippen molar-refractivity contribution in [1.82, 2.24) is 5.32 Å². The largest absolute Gasteiger partial charge is 0.480 e. The van der Waals surface area contributed by atoms with Gasteiger partial charge in [0.1, 0.15) is 6.04 Å². The van der Waals surface area contributed by atoms with Crippen LogP contribution in [0.5, 0.6) is 0 Å². The molecule has 0 aromatic heterocycles. The first-order valence-corrected chi connectivity index (χ1v) is 6.60. The van der Waals surface area contributed by atoms with E-state index in [9.17, 15) is 9.59 Å². The molecule has 3 atom stereocenters. The molecule has 1 fully saturated rings. The highest BCUT2D eigenvalue weighted by atomic mass is 16.5. The monoisotopic (exact) mass is 257 g/mol. The van der Waals surface area contributed by atoms with Crippen molar-refractivity contribution in [2.45, 2.75) is 52.2 Å². The first kappa shape index (κ1) is 15.0. The minimum atomic E-state index is -0.969. The molecular formula is C13H23NO4. The fourth-order valence-electron chi connectivity index (χ4n) is 2.32. The maximum Gasteiger partial charge on any atom is 0.326 e. The second-order valence-electron chi connectivity index (χ2n) is 5.24. The zero-order valence-corrected chi connectivity index (χ0v) is 11.3. The Balaban J connectivity index is 2.58. The molecule has 0 aromatic rings. The molecule has 1 rings (SSSR count). The van der Waals surface area contributed by atoms with Gasteiger partial charge in [-0.25, -0.2) is 4.79 Å². The van der Waals surface area contributed by atoms with Crippen LogP contribution in [0.2, 0.25) is 0 Å². The summed E-state index contributed by atoms with van der Waals surface area (Å²) in [6, 6.07) is -0.796.